The number of rotatable bonds is 1. The van der Waals surface area contributed by atoms with E-state index < -0.39 is 24.1 Å². The van der Waals surface area contributed by atoms with E-state index in [4.69, 9.17) is 5.11 Å². The molecule has 0 aromatic rings. The van der Waals surface area contributed by atoms with Crippen LogP contribution in [0.5, 0.6) is 0 Å². The highest BCUT2D eigenvalue weighted by molar-refractivity contribution is 5.86. The molecular formula is C11H12F3NO3. The summed E-state index contributed by atoms with van der Waals surface area (Å²) in [6, 6.07) is -0.512. The SMILES string of the molecule is O=C(O)C#CC1CCC(NC(=O)C(F)(F)F)CC1. The zero-order chi connectivity index (χ0) is 13.8. The smallest absolute Gasteiger partial charge is 0.471 e. The zero-order valence-electron chi connectivity index (χ0n) is 9.38. The lowest BCUT2D eigenvalue weighted by atomic mass is 9.86. The third-order valence-corrected chi connectivity index (χ3v) is 2.70. The van der Waals surface area contributed by atoms with Crippen molar-refractivity contribution in [2.75, 3.05) is 0 Å². The lowest BCUT2D eigenvalue weighted by Crippen LogP contribution is -2.44. The highest BCUT2D eigenvalue weighted by atomic mass is 19.4. The van der Waals surface area contributed by atoms with E-state index in [0.717, 1.165) is 0 Å². The van der Waals surface area contributed by atoms with Crippen LogP contribution in [0.3, 0.4) is 0 Å². The second-order valence-electron chi connectivity index (χ2n) is 4.09. The first-order chi connectivity index (χ1) is 8.29. The molecule has 1 fully saturated rings. The Balaban J connectivity index is 2.39. The average Bonchev–Trinajstić information content (AvgIpc) is 2.26. The van der Waals surface area contributed by atoms with Crippen molar-refractivity contribution < 1.29 is 27.9 Å². The Morgan fingerprint density at radius 1 is 1.17 bits per heavy atom. The van der Waals surface area contributed by atoms with E-state index in [0.29, 0.717) is 25.7 Å². The number of nitrogens with one attached hydrogen (secondary N) is 1. The molecule has 0 spiro atoms. The molecule has 0 bridgehead atoms. The van der Waals surface area contributed by atoms with Crippen molar-refractivity contribution in [1.29, 1.82) is 0 Å². The van der Waals surface area contributed by atoms with Gasteiger partial charge in [-0.2, -0.15) is 13.2 Å². The summed E-state index contributed by atoms with van der Waals surface area (Å²) in [4.78, 5) is 20.9. The molecular weight excluding hydrogens is 251 g/mol. The minimum Gasteiger partial charge on any atom is -0.472 e. The number of alkyl halides is 3. The van der Waals surface area contributed by atoms with Crippen LogP contribution in [0.25, 0.3) is 0 Å². The van der Waals surface area contributed by atoms with E-state index in [2.05, 4.69) is 5.92 Å². The van der Waals surface area contributed by atoms with E-state index >= 15 is 0 Å². The van der Waals surface area contributed by atoms with Crippen LogP contribution in [0.1, 0.15) is 25.7 Å². The number of amides is 1. The van der Waals surface area contributed by atoms with Crippen molar-refractivity contribution in [3.8, 4) is 11.8 Å². The lowest BCUT2D eigenvalue weighted by molar-refractivity contribution is -0.174. The predicted molar refractivity (Wildman–Crippen MR) is 55.4 cm³/mol. The summed E-state index contributed by atoms with van der Waals surface area (Å²) in [6.07, 6.45) is -3.13. The minimum atomic E-state index is -4.86. The molecule has 7 heteroatoms. The standard InChI is InChI=1S/C11H12F3NO3/c12-11(13,14)10(18)15-8-4-1-7(2-5-8)3-6-9(16)17/h7-8H,1-2,4-5H2,(H,15,18)(H,16,17). The van der Waals surface area contributed by atoms with E-state index in [-0.39, 0.29) is 5.92 Å². The van der Waals surface area contributed by atoms with Crippen LogP contribution in [0.4, 0.5) is 13.2 Å². The van der Waals surface area contributed by atoms with Gasteiger partial charge in [-0.25, -0.2) is 4.79 Å². The Hall–Kier alpha value is -1.71. The highest BCUT2D eigenvalue weighted by Crippen LogP contribution is 2.24. The quantitative estimate of drug-likeness (QED) is 0.701. The van der Waals surface area contributed by atoms with Crippen LogP contribution >= 0.6 is 0 Å². The average molecular weight is 263 g/mol. The van der Waals surface area contributed by atoms with E-state index in [1.807, 2.05) is 11.2 Å². The van der Waals surface area contributed by atoms with Gasteiger partial charge < -0.3 is 10.4 Å². The molecule has 1 aliphatic carbocycles. The molecule has 1 amide bonds. The Morgan fingerprint density at radius 2 is 1.72 bits per heavy atom. The van der Waals surface area contributed by atoms with Gasteiger partial charge in [0.2, 0.25) is 0 Å². The van der Waals surface area contributed by atoms with Gasteiger partial charge >= 0.3 is 18.1 Å². The van der Waals surface area contributed by atoms with E-state index in [9.17, 15) is 22.8 Å². The van der Waals surface area contributed by atoms with Gasteiger partial charge in [0.15, 0.2) is 0 Å². The molecule has 0 unspecified atom stereocenters. The second kappa shape index (κ2) is 5.76. The number of halogens is 3. The monoisotopic (exact) mass is 263 g/mol. The molecule has 100 valence electrons. The van der Waals surface area contributed by atoms with Crippen LogP contribution in [-0.2, 0) is 9.59 Å². The van der Waals surface area contributed by atoms with Crippen molar-refractivity contribution in [3.63, 3.8) is 0 Å². The van der Waals surface area contributed by atoms with Crippen LogP contribution in [0.2, 0.25) is 0 Å². The van der Waals surface area contributed by atoms with Crippen molar-refractivity contribution in [3.05, 3.63) is 0 Å². The van der Waals surface area contributed by atoms with E-state index in [1.165, 1.54) is 0 Å². The van der Waals surface area contributed by atoms with Crippen molar-refractivity contribution in [1.82, 2.24) is 5.32 Å². The largest absolute Gasteiger partial charge is 0.472 e. The van der Waals surface area contributed by atoms with Gasteiger partial charge in [0.1, 0.15) is 0 Å². The van der Waals surface area contributed by atoms with Crippen molar-refractivity contribution >= 4 is 11.9 Å². The summed E-state index contributed by atoms with van der Waals surface area (Å²) >= 11 is 0. The molecule has 0 radical (unpaired) electrons. The first-order valence-corrected chi connectivity index (χ1v) is 5.41. The van der Waals surface area contributed by atoms with Gasteiger partial charge in [0, 0.05) is 17.9 Å². The van der Waals surface area contributed by atoms with Crippen LogP contribution in [-0.4, -0.2) is 29.2 Å². The lowest BCUT2D eigenvalue weighted by Gasteiger charge is -2.26. The maximum Gasteiger partial charge on any atom is 0.471 e. The number of carboxylic acid groups (broad SMARTS) is 1. The molecule has 1 rings (SSSR count). The number of carbonyl (C=O) groups is 2. The summed E-state index contributed by atoms with van der Waals surface area (Å²) in [7, 11) is 0. The maximum absolute atomic E-state index is 12.0. The summed E-state index contributed by atoms with van der Waals surface area (Å²) in [5, 5.41) is 10.3. The van der Waals surface area contributed by atoms with Gasteiger partial charge in [-0.05, 0) is 25.7 Å². The summed E-state index contributed by atoms with van der Waals surface area (Å²) in [6.45, 7) is 0. The Kier molecular flexibility index (Phi) is 4.59. The fourth-order valence-corrected chi connectivity index (χ4v) is 1.81. The molecule has 18 heavy (non-hydrogen) atoms. The number of carboxylic acids is 1. The minimum absolute atomic E-state index is 0.125. The number of aliphatic carboxylic acids is 1. The molecule has 0 saturated heterocycles. The van der Waals surface area contributed by atoms with Crippen molar-refractivity contribution in [2.45, 2.75) is 37.9 Å². The Labute approximate surface area is 102 Å². The van der Waals surface area contributed by atoms with Crippen LogP contribution in [0.15, 0.2) is 0 Å². The fourth-order valence-electron chi connectivity index (χ4n) is 1.81. The number of hydrogen-bond acceptors (Lipinski definition) is 2. The molecule has 1 aliphatic rings. The predicted octanol–water partition coefficient (Wildman–Crippen LogP) is 1.31. The molecule has 1 saturated carbocycles. The topological polar surface area (TPSA) is 66.4 Å². The van der Waals surface area contributed by atoms with Crippen LogP contribution in [0, 0.1) is 17.8 Å². The molecule has 0 atom stereocenters. The molecule has 0 heterocycles. The maximum atomic E-state index is 12.0. The molecule has 2 N–H and O–H groups in total. The molecule has 0 aromatic heterocycles. The number of hydrogen-bond donors (Lipinski definition) is 2. The van der Waals surface area contributed by atoms with E-state index in [1.54, 1.807) is 0 Å². The normalized spacial score (nSPS) is 23.7. The summed E-state index contributed by atoms with van der Waals surface area (Å²) < 4.78 is 36.0. The second-order valence-corrected chi connectivity index (χ2v) is 4.09. The van der Waals surface area contributed by atoms with Gasteiger partial charge in [-0.1, -0.05) is 5.92 Å². The molecule has 0 aliphatic heterocycles. The first-order valence-electron chi connectivity index (χ1n) is 5.41. The highest BCUT2D eigenvalue weighted by Gasteiger charge is 2.40. The Bertz CT molecular complexity index is 387. The third-order valence-electron chi connectivity index (χ3n) is 2.70. The van der Waals surface area contributed by atoms with Crippen LogP contribution < -0.4 is 5.32 Å². The first kappa shape index (κ1) is 14.4. The Morgan fingerprint density at radius 3 is 2.17 bits per heavy atom. The molecule has 4 nitrogen and oxygen atoms in total. The summed E-state index contributed by atoms with van der Waals surface area (Å²) in [5.74, 6) is 1.26. The zero-order valence-corrected chi connectivity index (χ0v) is 9.38. The van der Waals surface area contributed by atoms with Gasteiger partial charge in [0.25, 0.3) is 0 Å². The van der Waals surface area contributed by atoms with Crippen molar-refractivity contribution in [2.24, 2.45) is 5.92 Å². The molecule has 0 aromatic carbocycles. The van der Waals surface area contributed by atoms with Gasteiger partial charge in [-0.15, -0.1) is 0 Å². The fraction of sp³-hybridized carbons (Fsp3) is 0.636. The van der Waals surface area contributed by atoms with Gasteiger partial charge in [0.05, 0.1) is 0 Å². The third kappa shape index (κ3) is 4.65. The van der Waals surface area contributed by atoms with Gasteiger partial charge in [-0.3, -0.25) is 4.79 Å². The number of carbonyl (C=O) groups excluding carboxylic acids is 1. The summed E-state index contributed by atoms with van der Waals surface area (Å²) in [5.41, 5.74) is 0.